The highest BCUT2D eigenvalue weighted by Crippen LogP contribution is 2.28. The Morgan fingerprint density at radius 2 is 1.71 bits per heavy atom. The van der Waals surface area contributed by atoms with Crippen LogP contribution in [-0.2, 0) is 16.6 Å². The number of carbonyl (C=O) groups is 1. The van der Waals surface area contributed by atoms with Crippen molar-refractivity contribution in [3.8, 4) is 10.6 Å². The molecule has 8 heteroatoms. The molecule has 0 saturated carbocycles. The average molecular weight is 416 g/mol. The van der Waals surface area contributed by atoms with E-state index in [1.807, 2.05) is 30.3 Å². The number of nitrogens with one attached hydrogen (secondary N) is 1. The van der Waals surface area contributed by atoms with Crippen LogP contribution in [0.1, 0.15) is 20.9 Å². The first kappa shape index (κ1) is 20.2. The van der Waals surface area contributed by atoms with E-state index < -0.39 is 10.0 Å². The fourth-order valence-corrected chi connectivity index (χ4v) is 4.77. The lowest BCUT2D eigenvalue weighted by Crippen LogP contribution is -2.27. The van der Waals surface area contributed by atoms with Crippen molar-refractivity contribution >= 4 is 27.3 Å². The van der Waals surface area contributed by atoms with Gasteiger partial charge in [0.2, 0.25) is 10.0 Å². The normalized spacial score (nSPS) is 11.6. The average Bonchev–Trinajstić information content (AvgIpc) is 3.08. The van der Waals surface area contributed by atoms with Gasteiger partial charge in [0, 0.05) is 26.2 Å². The second kappa shape index (κ2) is 8.22. The molecule has 0 aliphatic heterocycles. The molecule has 0 bridgehead atoms. The molecule has 0 radical (unpaired) electrons. The summed E-state index contributed by atoms with van der Waals surface area (Å²) in [6, 6.07) is 16.3. The highest BCUT2D eigenvalue weighted by atomic mass is 32.2. The molecule has 0 fully saturated rings. The van der Waals surface area contributed by atoms with E-state index in [1.165, 1.54) is 25.4 Å². The third kappa shape index (κ3) is 4.14. The Balaban J connectivity index is 1.80. The maximum atomic E-state index is 12.7. The largest absolute Gasteiger partial charge is 0.347 e. The van der Waals surface area contributed by atoms with Gasteiger partial charge in [0.1, 0.15) is 9.88 Å². The molecule has 0 aliphatic rings. The molecule has 146 valence electrons. The molecule has 0 saturated heterocycles. The highest BCUT2D eigenvalue weighted by molar-refractivity contribution is 7.89. The van der Waals surface area contributed by atoms with Crippen LogP contribution < -0.4 is 5.32 Å². The summed E-state index contributed by atoms with van der Waals surface area (Å²) in [5.41, 5.74) is 2.14. The third-order valence-corrected chi connectivity index (χ3v) is 7.31. The topological polar surface area (TPSA) is 79.4 Å². The minimum absolute atomic E-state index is 0.111. The fourth-order valence-electron chi connectivity index (χ4n) is 2.67. The SMILES string of the molecule is Cc1nc(-c2ccccc2)sc1C(=O)NCc1ccccc1S(=O)(=O)N(C)C. The monoisotopic (exact) mass is 415 g/mol. The van der Waals surface area contributed by atoms with Crippen LogP contribution in [0.4, 0.5) is 0 Å². The summed E-state index contributed by atoms with van der Waals surface area (Å²) in [5.74, 6) is -0.269. The van der Waals surface area contributed by atoms with Crippen molar-refractivity contribution in [3.05, 3.63) is 70.7 Å². The van der Waals surface area contributed by atoms with E-state index in [-0.39, 0.29) is 17.3 Å². The van der Waals surface area contributed by atoms with Crippen molar-refractivity contribution in [2.75, 3.05) is 14.1 Å². The number of thiazole rings is 1. The number of amides is 1. The summed E-state index contributed by atoms with van der Waals surface area (Å²) < 4.78 is 26.1. The molecular weight excluding hydrogens is 394 g/mol. The number of nitrogens with zero attached hydrogens (tertiary/aromatic N) is 2. The first-order chi connectivity index (χ1) is 13.3. The Kier molecular flexibility index (Phi) is 5.93. The number of sulfonamides is 1. The number of benzene rings is 2. The van der Waals surface area contributed by atoms with Crippen LogP contribution in [0.2, 0.25) is 0 Å². The molecule has 0 spiro atoms. The van der Waals surface area contributed by atoms with Crippen LogP contribution in [0.15, 0.2) is 59.5 Å². The zero-order chi connectivity index (χ0) is 20.3. The van der Waals surface area contributed by atoms with Gasteiger partial charge in [-0.1, -0.05) is 48.5 Å². The summed E-state index contributed by atoms with van der Waals surface area (Å²) in [5, 5.41) is 3.60. The second-order valence-electron chi connectivity index (χ2n) is 6.38. The van der Waals surface area contributed by atoms with E-state index in [4.69, 9.17) is 0 Å². The Bertz CT molecular complexity index is 1090. The lowest BCUT2D eigenvalue weighted by molar-refractivity contribution is 0.0954. The predicted molar refractivity (Wildman–Crippen MR) is 111 cm³/mol. The number of hydrogen-bond acceptors (Lipinski definition) is 5. The number of aromatic nitrogens is 1. The smallest absolute Gasteiger partial charge is 0.263 e. The Morgan fingerprint density at radius 3 is 2.39 bits per heavy atom. The summed E-state index contributed by atoms with van der Waals surface area (Å²) in [6.45, 7) is 1.91. The molecule has 3 aromatic rings. The quantitative estimate of drug-likeness (QED) is 0.670. The van der Waals surface area contributed by atoms with Gasteiger partial charge in [0.05, 0.1) is 10.6 Å². The number of carbonyl (C=O) groups excluding carboxylic acids is 1. The molecule has 0 aliphatic carbocycles. The maximum absolute atomic E-state index is 12.7. The van der Waals surface area contributed by atoms with Gasteiger partial charge in [0.15, 0.2) is 0 Å². The molecule has 3 rings (SSSR count). The lowest BCUT2D eigenvalue weighted by atomic mass is 10.2. The summed E-state index contributed by atoms with van der Waals surface area (Å²) >= 11 is 1.32. The van der Waals surface area contributed by atoms with Crippen molar-refractivity contribution in [1.82, 2.24) is 14.6 Å². The van der Waals surface area contributed by atoms with E-state index >= 15 is 0 Å². The standard InChI is InChI=1S/C20H21N3O3S2/c1-14-18(27-20(22-14)15-9-5-4-6-10-15)19(24)21-13-16-11-7-8-12-17(16)28(25,26)23(2)3/h4-12H,13H2,1-3H3,(H,21,24). The van der Waals surface area contributed by atoms with Gasteiger partial charge < -0.3 is 5.32 Å². The number of hydrogen-bond donors (Lipinski definition) is 1. The first-order valence-corrected chi connectivity index (χ1v) is 10.9. The summed E-state index contributed by atoms with van der Waals surface area (Å²) in [4.78, 5) is 17.9. The van der Waals surface area contributed by atoms with E-state index in [0.717, 1.165) is 14.9 Å². The molecule has 1 N–H and O–H groups in total. The molecule has 1 amide bonds. The van der Waals surface area contributed by atoms with Crippen LogP contribution in [0.25, 0.3) is 10.6 Å². The molecule has 1 aromatic heterocycles. The maximum Gasteiger partial charge on any atom is 0.263 e. The van der Waals surface area contributed by atoms with E-state index in [9.17, 15) is 13.2 Å². The zero-order valence-corrected chi connectivity index (χ0v) is 17.5. The van der Waals surface area contributed by atoms with E-state index in [1.54, 1.807) is 31.2 Å². The number of rotatable bonds is 6. The minimum Gasteiger partial charge on any atom is -0.347 e. The minimum atomic E-state index is -3.59. The third-order valence-electron chi connectivity index (χ3n) is 4.19. The highest BCUT2D eigenvalue weighted by Gasteiger charge is 2.22. The summed E-state index contributed by atoms with van der Waals surface area (Å²) in [6.07, 6.45) is 0. The van der Waals surface area contributed by atoms with Crippen LogP contribution in [0.3, 0.4) is 0 Å². The van der Waals surface area contributed by atoms with Crippen LogP contribution in [0, 0.1) is 6.92 Å². The van der Waals surface area contributed by atoms with Crippen molar-refractivity contribution in [1.29, 1.82) is 0 Å². The van der Waals surface area contributed by atoms with Gasteiger partial charge in [-0.2, -0.15) is 0 Å². The van der Waals surface area contributed by atoms with E-state index in [2.05, 4.69) is 10.3 Å². The molecular formula is C20H21N3O3S2. The molecule has 0 atom stereocenters. The van der Waals surface area contributed by atoms with Crippen LogP contribution >= 0.6 is 11.3 Å². The molecule has 2 aromatic carbocycles. The van der Waals surface area contributed by atoms with Gasteiger partial charge in [-0.25, -0.2) is 17.7 Å². The predicted octanol–water partition coefficient (Wildman–Crippen LogP) is 3.30. The van der Waals surface area contributed by atoms with Crippen LogP contribution in [0.5, 0.6) is 0 Å². The fraction of sp³-hybridized carbons (Fsp3) is 0.200. The first-order valence-electron chi connectivity index (χ1n) is 8.62. The molecule has 6 nitrogen and oxygen atoms in total. The molecule has 1 heterocycles. The van der Waals surface area contributed by atoms with Crippen molar-refractivity contribution in [2.24, 2.45) is 0 Å². The van der Waals surface area contributed by atoms with Crippen molar-refractivity contribution in [2.45, 2.75) is 18.4 Å². The van der Waals surface area contributed by atoms with Crippen molar-refractivity contribution < 1.29 is 13.2 Å². The van der Waals surface area contributed by atoms with Gasteiger partial charge in [0.25, 0.3) is 5.91 Å². The number of aryl methyl sites for hydroxylation is 1. The molecule has 0 unspecified atom stereocenters. The van der Waals surface area contributed by atoms with Crippen molar-refractivity contribution in [3.63, 3.8) is 0 Å². The molecule has 28 heavy (non-hydrogen) atoms. The van der Waals surface area contributed by atoms with Gasteiger partial charge in [-0.05, 0) is 18.6 Å². The zero-order valence-electron chi connectivity index (χ0n) is 15.8. The van der Waals surface area contributed by atoms with Gasteiger partial charge in [-0.3, -0.25) is 4.79 Å². The van der Waals surface area contributed by atoms with E-state index in [0.29, 0.717) is 16.1 Å². The Morgan fingerprint density at radius 1 is 1.07 bits per heavy atom. The summed E-state index contributed by atoms with van der Waals surface area (Å²) in [7, 11) is -0.623. The Hall–Kier alpha value is -2.55. The van der Waals surface area contributed by atoms with Gasteiger partial charge in [-0.15, -0.1) is 11.3 Å². The second-order valence-corrected chi connectivity index (χ2v) is 9.50. The van der Waals surface area contributed by atoms with Crippen LogP contribution in [-0.4, -0.2) is 37.7 Å². The lowest BCUT2D eigenvalue weighted by Gasteiger charge is -2.15. The van der Waals surface area contributed by atoms with Gasteiger partial charge >= 0.3 is 0 Å². The Labute approximate surface area is 168 Å².